The summed E-state index contributed by atoms with van der Waals surface area (Å²) in [5, 5.41) is 3.29. The third-order valence-corrected chi connectivity index (χ3v) is 4.31. The molecular weight excluding hydrogens is 383 g/mol. The van der Waals surface area contributed by atoms with Crippen LogP contribution >= 0.6 is 12.4 Å². The molecule has 2 heterocycles. The Balaban J connectivity index is 0.00000261. The van der Waals surface area contributed by atoms with E-state index < -0.39 is 12.4 Å². The Morgan fingerprint density at radius 3 is 2.41 bits per heavy atom. The van der Waals surface area contributed by atoms with Crippen molar-refractivity contribution >= 4 is 23.8 Å². The molecule has 1 aromatic heterocycles. The lowest BCUT2D eigenvalue weighted by Gasteiger charge is -2.37. The zero-order valence-electron chi connectivity index (χ0n) is 14.7. The number of anilines is 2. The second kappa shape index (κ2) is 9.66. The molecule has 0 saturated carbocycles. The van der Waals surface area contributed by atoms with Gasteiger partial charge in [0.25, 0.3) is 0 Å². The van der Waals surface area contributed by atoms with Gasteiger partial charge in [0.15, 0.2) is 11.6 Å². The van der Waals surface area contributed by atoms with Crippen molar-refractivity contribution in [3.8, 4) is 11.5 Å². The number of pyridine rings is 1. The predicted octanol–water partition coefficient (Wildman–Crippen LogP) is 4.14. The van der Waals surface area contributed by atoms with Gasteiger partial charge in [-0.1, -0.05) is 0 Å². The summed E-state index contributed by atoms with van der Waals surface area (Å²) >= 11 is 0. The Morgan fingerprint density at radius 1 is 1.15 bits per heavy atom. The molecule has 5 nitrogen and oxygen atoms in total. The number of aromatic nitrogens is 1. The van der Waals surface area contributed by atoms with Crippen molar-refractivity contribution in [2.24, 2.45) is 0 Å². The number of benzene rings is 1. The molecule has 1 aromatic carbocycles. The number of alkyl halides is 2. The minimum Gasteiger partial charge on any atom is -0.491 e. The molecule has 1 aliphatic rings. The van der Waals surface area contributed by atoms with Crippen LogP contribution in [0.2, 0.25) is 0 Å². The summed E-state index contributed by atoms with van der Waals surface area (Å²) in [6, 6.07) is 6.37. The Bertz CT molecular complexity index is 728. The molecule has 0 aliphatic carbocycles. The van der Waals surface area contributed by atoms with Crippen LogP contribution < -0.4 is 19.7 Å². The first-order chi connectivity index (χ1) is 12.6. The molecule has 0 atom stereocenters. The summed E-state index contributed by atoms with van der Waals surface area (Å²) in [5.41, 5.74) is 1.23. The second-order valence-corrected chi connectivity index (χ2v) is 5.90. The molecule has 1 saturated heterocycles. The molecule has 1 N–H and O–H groups in total. The largest absolute Gasteiger partial charge is 0.491 e. The minimum atomic E-state index is -2.88. The smallest absolute Gasteiger partial charge is 0.387 e. The number of halogens is 4. The number of ether oxygens (including phenoxy) is 2. The Kier molecular flexibility index (Phi) is 7.55. The molecule has 0 radical (unpaired) electrons. The average molecular weight is 404 g/mol. The molecule has 9 heteroatoms. The summed E-state index contributed by atoms with van der Waals surface area (Å²) in [7, 11) is 1.40. The number of nitrogens with one attached hydrogen (secondary N) is 1. The zero-order chi connectivity index (χ0) is 18.5. The van der Waals surface area contributed by atoms with Crippen LogP contribution in [0.5, 0.6) is 11.5 Å². The van der Waals surface area contributed by atoms with Crippen LogP contribution in [0.4, 0.5) is 24.5 Å². The average Bonchev–Trinajstić information content (AvgIpc) is 2.64. The topological polar surface area (TPSA) is 46.6 Å². The number of piperidine rings is 1. The van der Waals surface area contributed by atoms with Crippen LogP contribution in [0.15, 0.2) is 36.7 Å². The first kappa shape index (κ1) is 21.1. The SMILES string of the molecule is COc1c(F)cncc1N(c1ccc(OC(F)F)cc1)C1CCNCC1.Cl. The number of hydrogen-bond donors (Lipinski definition) is 1. The Morgan fingerprint density at radius 2 is 1.81 bits per heavy atom. The minimum absolute atomic E-state index is 0. The highest BCUT2D eigenvalue weighted by molar-refractivity contribution is 5.85. The van der Waals surface area contributed by atoms with Crippen LogP contribution in [0.25, 0.3) is 0 Å². The molecule has 0 bridgehead atoms. The van der Waals surface area contributed by atoms with Crippen molar-refractivity contribution in [1.29, 1.82) is 0 Å². The van der Waals surface area contributed by atoms with E-state index in [1.807, 2.05) is 4.90 Å². The van der Waals surface area contributed by atoms with Gasteiger partial charge in [-0.2, -0.15) is 8.78 Å². The number of rotatable bonds is 6. The van der Waals surface area contributed by atoms with Crippen molar-refractivity contribution in [1.82, 2.24) is 10.3 Å². The maximum absolute atomic E-state index is 14.2. The summed E-state index contributed by atoms with van der Waals surface area (Å²) in [4.78, 5) is 5.90. The van der Waals surface area contributed by atoms with Gasteiger partial charge in [-0.15, -0.1) is 12.4 Å². The summed E-state index contributed by atoms with van der Waals surface area (Å²) < 4.78 is 48.6. The normalized spacial score (nSPS) is 14.6. The zero-order valence-corrected chi connectivity index (χ0v) is 15.5. The number of methoxy groups -OCH3 is 1. The van der Waals surface area contributed by atoms with Gasteiger partial charge in [0, 0.05) is 11.7 Å². The van der Waals surface area contributed by atoms with Gasteiger partial charge in [-0.25, -0.2) is 4.39 Å². The fourth-order valence-corrected chi connectivity index (χ4v) is 3.19. The van der Waals surface area contributed by atoms with Crippen molar-refractivity contribution in [2.75, 3.05) is 25.1 Å². The quantitative estimate of drug-likeness (QED) is 0.785. The monoisotopic (exact) mass is 403 g/mol. The van der Waals surface area contributed by atoms with Crippen LogP contribution in [-0.4, -0.2) is 37.8 Å². The van der Waals surface area contributed by atoms with Crippen LogP contribution in [-0.2, 0) is 0 Å². The summed E-state index contributed by atoms with van der Waals surface area (Å²) in [6.45, 7) is -1.22. The highest BCUT2D eigenvalue weighted by Crippen LogP contribution is 2.38. The lowest BCUT2D eigenvalue weighted by Crippen LogP contribution is -2.41. The Labute approximate surface area is 161 Å². The molecular formula is C18H21ClF3N3O2. The predicted molar refractivity (Wildman–Crippen MR) is 99.1 cm³/mol. The fourth-order valence-electron chi connectivity index (χ4n) is 3.19. The third kappa shape index (κ3) is 4.95. The van der Waals surface area contributed by atoms with E-state index in [1.54, 1.807) is 18.3 Å². The first-order valence-corrected chi connectivity index (χ1v) is 8.32. The Hall–Kier alpha value is -2.19. The molecule has 148 valence electrons. The van der Waals surface area contributed by atoms with Crippen molar-refractivity contribution in [3.63, 3.8) is 0 Å². The maximum atomic E-state index is 14.2. The highest BCUT2D eigenvalue weighted by atomic mass is 35.5. The van der Waals surface area contributed by atoms with Crippen LogP contribution in [0, 0.1) is 5.82 Å². The van der Waals surface area contributed by atoms with E-state index >= 15 is 0 Å². The van der Waals surface area contributed by atoms with Crippen LogP contribution in [0.1, 0.15) is 12.8 Å². The van der Waals surface area contributed by atoms with Gasteiger partial charge in [0.05, 0.1) is 19.5 Å². The van der Waals surface area contributed by atoms with E-state index in [0.717, 1.165) is 37.8 Å². The standard InChI is InChI=1S/C18H20F3N3O2.ClH/c1-25-17-15(19)10-23-11-16(17)24(13-6-8-22-9-7-13)12-2-4-14(5-3-12)26-18(20)21;/h2-5,10-11,13,18,22H,6-9H2,1H3;1H. The maximum Gasteiger partial charge on any atom is 0.387 e. The van der Waals surface area contributed by atoms with E-state index in [0.29, 0.717) is 5.69 Å². The van der Waals surface area contributed by atoms with Gasteiger partial charge >= 0.3 is 6.61 Å². The van der Waals surface area contributed by atoms with E-state index in [1.165, 1.54) is 19.2 Å². The molecule has 0 amide bonds. The van der Waals surface area contributed by atoms with Crippen molar-refractivity contribution in [2.45, 2.75) is 25.5 Å². The van der Waals surface area contributed by atoms with E-state index in [9.17, 15) is 13.2 Å². The molecule has 0 unspecified atom stereocenters. The van der Waals surface area contributed by atoms with Gasteiger partial charge in [-0.05, 0) is 50.2 Å². The summed E-state index contributed by atoms with van der Waals surface area (Å²) in [6.07, 6.45) is 4.33. The molecule has 3 rings (SSSR count). The second-order valence-electron chi connectivity index (χ2n) is 5.90. The van der Waals surface area contributed by atoms with E-state index in [2.05, 4.69) is 15.0 Å². The van der Waals surface area contributed by atoms with Gasteiger partial charge in [0.2, 0.25) is 0 Å². The van der Waals surface area contributed by atoms with Gasteiger partial charge in [-0.3, -0.25) is 4.98 Å². The number of hydrogen-bond acceptors (Lipinski definition) is 5. The first-order valence-electron chi connectivity index (χ1n) is 8.32. The molecule has 27 heavy (non-hydrogen) atoms. The molecule has 0 spiro atoms. The number of nitrogens with zero attached hydrogens (tertiary/aromatic N) is 2. The van der Waals surface area contributed by atoms with Crippen molar-refractivity contribution < 1.29 is 22.6 Å². The fraction of sp³-hybridized carbons (Fsp3) is 0.389. The van der Waals surface area contributed by atoms with Crippen molar-refractivity contribution in [3.05, 3.63) is 42.5 Å². The van der Waals surface area contributed by atoms with E-state index in [4.69, 9.17) is 4.74 Å². The van der Waals surface area contributed by atoms with E-state index in [-0.39, 0.29) is 29.9 Å². The lowest BCUT2D eigenvalue weighted by atomic mass is 10.0. The lowest BCUT2D eigenvalue weighted by molar-refractivity contribution is -0.0498. The molecule has 1 fully saturated rings. The highest BCUT2D eigenvalue weighted by Gasteiger charge is 2.27. The molecule has 1 aliphatic heterocycles. The molecule has 2 aromatic rings. The third-order valence-electron chi connectivity index (χ3n) is 4.31. The van der Waals surface area contributed by atoms with Gasteiger partial charge < -0.3 is 19.7 Å². The summed E-state index contributed by atoms with van der Waals surface area (Å²) in [5.74, 6) is -0.383. The van der Waals surface area contributed by atoms with Crippen LogP contribution in [0.3, 0.4) is 0 Å². The van der Waals surface area contributed by atoms with Gasteiger partial charge in [0.1, 0.15) is 11.4 Å².